The maximum atomic E-state index is 12.7. The Morgan fingerprint density at radius 1 is 1.23 bits per heavy atom. The van der Waals surface area contributed by atoms with E-state index in [2.05, 4.69) is 4.72 Å². The maximum absolute atomic E-state index is 12.7. The second-order valence-corrected chi connectivity index (χ2v) is 8.19. The first-order valence-electron chi connectivity index (χ1n) is 7.26. The smallest absolute Gasteiger partial charge is 0.335 e. The molecule has 0 aromatic heterocycles. The maximum Gasteiger partial charge on any atom is 0.335 e. The van der Waals surface area contributed by atoms with Crippen LogP contribution in [0.1, 0.15) is 44.0 Å². The number of hydrogen-bond acceptors (Lipinski definition) is 4. The zero-order chi connectivity index (χ0) is 16.5. The summed E-state index contributed by atoms with van der Waals surface area (Å²) in [7, 11) is -3.80. The molecule has 1 aliphatic rings. The highest BCUT2D eigenvalue weighted by molar-refractivity contribution is 7.89. The van der Waals surface area contributed by atoms with Crippen LogP contribution in [0.3, 0.4) is 0 Å². The van der Waals surface area contributed by atoms with E-state index < -0.39 is 21.5 Å². The molecule has 2 N–H and O–H groups in total. The number of rotatable bonds is 4. The molecule has 0 spiro atoms. The van der Waals surface area contributed by atoms with Crippen LogP contribution in [0, 0.1) is 0 Å². The Bertz CT molecular complexity index is 671. The number of nitrogens with zero attached hydrogens (tertiary/aromatic N) is 1. The van der Waals surface area contributed by atoms with Crippen LogP contribution in [-0.4, -0.2) is 38.1 Å². The molecular formula is C15H22N2O4S. The van der Waals surface area contributed by atoms with Crippen molar-refractivity contribution in [3.05, 3.63) is 23.8 Å². The molecule has 7 heteroatoms. The molecule has 122 valence electrons. The van der Waals surface area contributed by atoms with Gasteiger partial charge in [-0.25, -0.2) is 17.9 Å². The Morgan fingerprint density at radius 3 is 2.32 bits per heavy atom. The van der Waals surface area contributed by atoms with Gasteiger partial charge in [0.1, 0.15) is 4.90 Å². The first-order chi connectivity index (χ1) is 10.1. The van der Waals surface area contributed by atoms with E-state index in [1.807, 2.05) is 4.90 Å². The van der Waals surface area contributed by atoms with E-state index in [0.717, 1.165) is 25.9 Å². The molecule has 0 atom stereocenters. The lowest BCUT2D eigenvalue weighted by Gasteiger charge is -2.25. The van der Waals surface area contributed by atoms with Crippen molar-refractivity contribution < 1.29 is 18.3 Å². The van der Waals surface area contributed by atoms with Crippen LogP contribution in [-0.2, 0) is 10.0 Å². The third-order valence-corrected chi connectivity index (χ3v) is 5.17. The summed E-state index contributed by atoms with van der Waals surface area (Å²) in [6, 6.07) is 4.28. The zero-order valence-electron chi connectivity index (χ0n) is 13.1. The number of nitrogens with one attached hydrogen (secondary N) is 1. The van der Waals surface area contributed by atoms with Gasteiger partial charge in [0.25, 0.3) is 0 Å². The highest BCUT2D eigenvalue weighted by atomic mass is 32.2. The second kappa shape index (κ2) is 5.89. The minimum absolute atomic E-state index is 0.0303. The molecule has 0 aliphatic carbocycles. The number of hydrogen-bond donors (Lipinski definition) is 2. The average Bonchev–Trinajstić information content (AvgIpc) is 2.88. The lowest BCUT2D eigenvalue weighted by molar-refractivity contribution is 0.0696. The molecule has 22 heavy (non-hydrogen) atoms. The van der Waals surface area contributed by atoms with E-state index in [4.69, 9.17) is 5.11 Å². The van der Waals surface area contributed by atoms with Gasteiger partial charge >= 0.3 is 5.97 Å². The number of carboxylic acids is 1. The first-order valence-corrected chi connectivity index (χ1v) is 8.75. The molecule has 6 nitrogen and oxygen atoms in total. The van der Waals surface area contributed by atoms with Gasteiger partial charge in [-0.3, -0.25) is 0 Å². The topological polar surface area (TPSA) is 86.7 Å². The summed E-state index contributed by atoms with van der Waals surface area (Å²) in [5.41, 5.74) is -0.100. The molecule has 1 saturated heterocycles. The largest absolute Gasteiger partial charge is 0.478 e. The van der Waals surface area contributed by atoms with Crippen LogP contribution in [0.4, 0.5) is 5.69 Å². The van der Waals surface area contributed by atoms with E-state index in [9.17, 15) is 13.2 Å². The van der Waals surface area contributed by atoms with E-state index in [1.54, 1.807) is 26.8 Å². The monoisotopic (exact) mass is 326 g/mol. The Balaban J connectivity index is 2.54. The molecule has 1 aromatic rings. The van der Waals surface area contributed by atoms with Crippen LogP contribution in [0.5, 0.6) is 0 Å². The van der Waals surface area contributed by atoms with Gasteiger partial charge in [-0.1, -0.05) is 0 Å². The number of sulfonamides is 1. The third-order valence-electron chi connectivity index (χ3n) is 3.38. The van der Waals surface area contributed by atoms with Crippen molar-refractivity contribution in [3.8, 4) is 0 Å². The summed E-state index contributed by atoms with van der Waals surface area (Å²) in [5, 5.41) is 9.13. The van der Waals surface area contributed by atoms with Gasteiger partial charge < -0.3 is 10.0 Å². The van der Waals surface area contributed by atoms with Crippen molar-refractivity contribution in [2.45, 2.75) is 44.0 Å². The van der Waals surface area contributed by atoms with E-state index in [1.165, 1.54) is 12.1 Å². The molecular weight excluding hydrogens is 304 g/mol. The molecule has 0 radical (unpaired) electrons. The van der Waals surface area contributed by atoms with Crippen molar-refractivity contribution in [2.24, 2.45) is 0 Å². The SMILES string of the molecule is CC(C)(C)NS(=O)(=O)c1cc(C(=O)O)ccc1N1CCCC1. The second-order valence-electron chi connectivity index (χ2n) is 6.54. The first kappa shape index (κ1) is 16.8. The predicted octanol–water partition coefficient (Wildman–Crippen LogP) is 2.06. The fraction of sp³-hybridized carbons (Fsp3) is 0.533. The average molecular weight is 326 g/mol. The number of carboxylic acid groups (broad SMARTS) is 1. The third kappa shape index (κ3) is 3.78. The molecule has 0 bridgehead atoms. The minimum atomic E-state index is -3.80. The van der Waals surface area contributed by atoms with Crippen molar-refractivity contribution in [3.63, 3.8) is 0 Å². The Hall–Kier alpha value is -1.60. The normalized spacial score (nSPS) is 16.0. The van der Waals surface area contributed by atoms with Crippen LogP contribution in [0.25, 0.3) is 0 Å². The van der Waals surface area contributed by atoms with Crippen LogP contribution < -0.4 is 9.62 Å². The molecule has 0 amide bonds. The van der Waals surface area contributed by atoms with Gasteiger partial charge in [0.05, 0.1) is 11.3 Å². The van der Waals surface area contributed by atoms with Gasteiger partial charge in [-0.15, -0.1) is 0 Å². The van der Waals surface area contributed by atoms with Gasteiger partial charge in [-0.05, 0) is 51.8 Å². The molecule has 0 saturated carbocycles. The van der Waals surface area contributed by atoms with Gasteiger partial charge in [-0.2, -0.15) is 0 Å². The lowest BCUT2D eigenvalue weighted by Crippen LogP contribution is -2.41. The fourth-order valence-corrected chi connectivity index (χ4v) is 4.21. The highest BCUT2D eigenvalue weighted by Crippen LogP contribution is 2.30. The predicted molar refractivity (Wildman–Crippen MR) is 84.9 cm³/mol. The Morgan fingerprint density at radius 2 is 1.82 bits per heavy atom. The summed E-state index contributed by atoms with van der Waals surface area (Å²) in [5.74, 6) is -1.14. The molecule has 2 rings (SSSR count). The van der Waals surface area contributed by atoms with Crippen molar-refractivity contribution in [1.82, 2.24) is 4.72 Å². The standard InChI is InChI=1S/C15H22N2O4S/c1-15(2,3)16-22(20,21)13-10-11(14(18)19)6-7-12(13)17-8-4-5-9-17/h6-7,10,16H,4-5,8-9H2,1-3H3,(H,18,19). The summed E-state index contributed by atoms with van der Waals surface area (Å²) < 4.78 is 27.9. The van der Waals surface area contributed by atoms with Crippen LogP contribution >= 0.6 is 0 Å². The number of anilines is 1. The van der Waals surface area contributed by atoms with Crippen molar-refractivity contribution >= 4 is 21.7 Å². The van der Waals surface area contributed by atoms with Crippen LogP contribution in [0.2, 0.25) is 0 Å². The van der Waals surface area contributed by atoms with Crippen molar-refractivity contribution in [2.75, 3.05) is 18.0 Å². The molecule has 1 aliphatic heterocycles. The number of carbonyl (C=O) groups is 1. The highest BCUT2D eigenvalue weighted by Gasteiger charge is 2.28. The van der Waals surface area contributed by atoms with Gasteiger partial charge in [0.2, 0.25) is 10.0 Å². The van der Waals surface area contributed by atoms with E-state index in [-0.39, 0.29) is 10.5 Å². The Labute approximate surface area is 131 Å². The molecule has 1 heterocycles. The van der Waals surface area contributed by atoms with Gasteiger partial charge in [0.15, 0.2) is 0 Å². The van der Waals surface area contributed by atoms with Gasteiger partial charge in [0, 0.05) is 18.6 Å². The van der Waals surface area contributed by atoms with Crippen LogP contribution in [0.15, 0.2) is 23.1 Å². The summed E-state index contributed by atoms with van der Waals surface area (Å²) in [4.78, 5) is 13.2. The summed E-state index contributed by atoms with van der Waals surface area (Å²) in [6.07, 6.45) is 2.01. The summed E-state index contributed by atoms with van der Waals surface area (Å²) >= 11 is 0. The molecule has 1 fully saturated rings. The number of aromatic carboxylic acids is 1. The molecule has 1 aromatic carbocycles. The van der Waals surface area contributed by atoms with E-state index in [0.29, 0.717) is 5.69 Å². The van der Waals surface area contributed by atoms with E-state index >= 15 is 0 Å². The summed E-state index contributed by atoms with van der Waals surface area (Å²) in [6.45, 7) is 6.82. The van der Waals surface area contributed by atoms with Crippen molar-refractivity contribution in [1.29, 1.82) is 0 Å². The number of benzene rings is 1. The minimum Gasteiger partial charge on any atom is -0.478 e. The lowest BCUT2D eigenvalue weighted by atomic mass is 10.1. The zero-order valence-corrected chi connectivity index (χ0v) is 13.9. The molecule has 0 unspecified atom stereocenters. The Kier molecular flexibility index (Phi) is 4.49. The fourth-order valence-electron chi connectivity index (χ4n) is 2.54. The quantitative estimate of drug-likeness (QED) is 0.884.